The molecule has 0 spiro atoms. The van der Waals surface area contributed by atoms with Gasteiger partial charge in [0.1, 0.15) is 30.2 Å². The van der Waals surface area contributed by atoms with Crippen molar-refractivity contribution >= 4 is 38.2 Å². The Balaban J connectivity index is 1.61. The van der Waals surface area contributed by atoms with Gasteiger partial charge in [0.15, 0.2) is 11.8 Å². The summed E-state index contributed by atoms with van der Waals surface area (Å²) in [5.74, 6) is 1.38. The van der Waals surface area contributed by atoms with Gasteiger partial charge < -0.3 is 9.47 Å². The van der Waals surface area contributed by atoms with E-state index < -0.39 is 0 Å². The zero-order valence-corrected chi connectivity index (χ0v) is 21.9. The quantitative estimate of drug-likeness (QED) is 0.528. The number of rotatable bonds is 6. The van der Waals surface area contributed by atoms with Crippen LogP contribution in [0.1, 0.15) is 44.0 Å². The van der Waals surface area contributed by atoms with Gasteiger partial charge in [0, 0.05) is 0 Å². The standard InChI is InChI=1S/C26H34N2O2P2/c1-16(25-27-23(17(2)29-25)19-12-8-10-14-21(19)31(4)5)26-28-24(18(3)30-26)20-13-9-11-15-22(20)32(6)7/h8-18,23-24H,1-7H3/t16?,17?,18?,23-,24?/m0/s1. The summed E-state index contributed by atoms with van der Waals surface area (Å²) < 4.78 is 12.5. The summed E-state index contributed by atoms with van der Waals surface area (Å²) in [6.07, 6.45) is 0.00600. The Morgan fingerprint density at radius 1 is 0.688 bits per heavy atom. The largest absolute Gasteiger partial charge is 0.475 e. The van der Waals surface area contributed by atoms with E-state index in [-0.39, 0.29) is 46.1 Å². The van der Waals surface area contributed by atoms with Crippen molar-refractivity contribution in [2.24, 2.45) is 15.9 Å². The molecule has 2 aromatic rings. The van der Waals surface area contributed by atoms with E-state index in [9.17, 15) is 0 Å². The molecular formula is C26H34N2O2P2. The molecule has 4 unspecified atom stereocenters. The SMILES string of the molecule is CC(C1=NC(c2ccccc2P(C)C)C(C)O1)C1=N[C@H](c2ccccc2P(C)C)C(C)O1. The Labute approximate surface area is 195 Å². The van der Waals surface area contributed by atoms with Crippen LogP contribution in [0, 0.1) is 5.92 Å². The zero-order chi connectivity index (χ0) is 23.0. The summed E-state index contributed by atoms with van der Waals surface area (Å²) in [7, 11) is -0.416. The Kier molecular flexibility index (Phi) is 7.03. The fourth-order valence-electron chi connectivity index (χ4n) is 4.52. The van der Waals surface area contributed by atoms with Crippen LogP contribution in [0.5, 0.6) is 0 Å². The Hall–Kier alpha value is -1.76. The second-order valence-corrected chi connectivity index (χ2v) is 13.6. The molecule has 4 rings (SSSR count). The molecule has 4 nitrogen and oxygen atoms in total. The monoisotopic (exact) mass is 468 g/mol. The highest BCUT2D eigenvalue weighted by atomic mass is 31.1. The predicted octanol–water partition coefficient (Wildman–Crippen LogP) is 5.47. The molecule has 0 N–H and O–H groups in total. The first-order valence-corrected chi connectivity index (χ1v) is 15.8. The summed E-state index contributed by atoms with van der Waals surface area (Å²) in [6, 6.07) is 17.3. The smallest absolute Gasteiger partial charge is 0.196 e. The van der Waals surface area contributed by atoms with Gasteiger partial charge in [-0.25, -0.2) is 9.98 Å². The molecule has 0 amide bonds. The van der Waals surface area contributed by atoms with Gasteiger partial charge in [-0.3, -0.25) is 0 Å². The van der Waals surface area contributed by atoms with Crippen LogP contribution in [0.3, 0.4) is 0 Å². The Bertz CT molecular complexity index is 952. The maximum Gasteiger partial charge on any atom is 0.196 e. The van der Waals surface area contributed by atoms with Crippen LogP contribution in [0.15, 0.2) is 58.5 Å². The van der Waals surface area contributed by atoms with Gasteiger partial charge in [0.25, 0.3) is 0 Å². The summed E-state index contributed by atoms with van der Waals surface area (Å²) >= 11 is 0. The van der Waals surface area contributed by atoms with Crippen LogP contribution in [-0.4, -0.2) is 50.7 Å². The predicted molar refractivity (Wildman–Crippen MR) is 140 cm³/mol. The van der Waals surface area contributed by atoms with E-state index in [4.69, 9.17) is 19.5 Å². The van der Waals surface area contributed by atoms with Crippen LogP contribution in [-0.2, 0) is 9.47 Å². The molecule has 170 valence electrons. The van der Waals surface area contributed by atoms with Gasteiger partial charge in [-0.15, -0.1) is 0 Å². The molecule has 2 aliphatic heterocycles. The van der Waals surface area contributed by atoms with Gasteiger partial charge in [-0.05, 0) is 69.2 Å². The van der Waals surface area contributed by atoms with E-state index in [0.29, 0.717) is 0 Å². The molecule has 0 aromatic heterocycles. The van der Waals surface area contributed by atoms with Crippen molar-refractivity contribution in [3.05, 3.63) is 59.7 Å². The molecule has 32 heavy (non-hydrogen) atoms. The first-order chi connectivity index (χ1) is 15.3. The molecule has 0 saturated heterocycles. The fraction of sp³-hybridized carbons (Fsp3) is 0.462. The molecular weight excluding hydrogens is 434 g/mol. The van der Waals surface area contributed by atoms with Crippen LogP contribution in [0.25, 0.3) is 0 Å². The molecule has 6 heteroatoms. The molecule has 5 atom stereocenters. The molecule has 2 heterocycles. The Morgan fingerprint density at radius 2 is 1.06 bits per heavy atom. The van der Waals surface area contributed by atoms with E-state index in [1.807, 2.05) is 0 Å². The van der Waals surface area contributed by atoms with Crippen molar-refractivity contribution in [1.82, 2.24) is 0 Å². The minimum Gasteiger partial charge on any atom is -0.475 e. The van der Waals surface area contributed by atoms with Gasteiger partial charge in [-0.2, -0.15) is 0 Å². The molecule has 0 fully saturated rings. The number of aliphatic imine (C=N–C) groups is 2. The lowest BCUT2D eigenvalue weighted by atomic mass is 10.0. The number of nitrogens with zero attached hydrogens (tertiary/aromatic N) is 2. The maximum absolute atomic E-state index is 6.27. The van der Waals surface area contributed by atoms with Crippen molar-refractivity contribution in [3.63, 3.8) is 0 Å². The summed E-state index contributed by atoms with van der Waals surface area (Å²) in [4.78, 5) is 10.1. The van der Waals surface area contributed by atoms with Gasteiger partial charge in [0.2, 0.25) is 0 Å². The average Bonchev–Trinajstić information content (AvgIpc) is 3.35. The summed E-state index contributed by atoms with van der Waals surface area (Å²) in [5, 5.41) is 2.80. The lowest BCUT2D eigenvalue weighted by Gasteiger charge is -2.19. The van der Waals surface area contributed by atoms with E-state index in [2.05, 4.69) is 96.0 Å². The number of hydrogen-bond acceptors (Lipinski definition) is 4. The van der Waals surface area contributed by atoms with Crippen LogP contribution in [0.2, 0.25) is 0 Å². The average molecular weight is 469 g/mol. The minimum atomic E-state index is -0.208. The van der Waals surface area contributed by atoms with Gasteiger partial charge in [0.05, 0.1) is 0 Å². The third-order valence-electron chi connectivity index (χ3n) is 6.25. The van der Waals surface area contributed by atoms with Crippen molar-refractivity contribution in [1.29, 1.82) is 0 Å². The van der Waals surface area contributed by atoms with Gasteiger partial charge in [-0.1, -0.05) is 64.4 Å². The van der Waals surface area contributed by atoms with Crippen LogP contribution >= 0.6 is 15.8 Å². The fourth-order valence-corrected chi connectivity index (χ4v) is 6.74. The topological polar surface area (TPSA) is 43.2 Å². The van der Waals surface area contributed by atoms with E-state index >= 15 is 0 Å². The molecule has 2 aromatic carbocycles. The minimum absolute atomic E-state index is 0.00300. The van der Waals surface area contributed by atoms with E-state index in [1.165, 1.54) is 21.7 Å². The third-order valence-corrected chi connectivity index (χ3v) is 8.99. The van der Waals surface area contributed by atoms with Crippen molar-refractivity contribution in [2.75, 3.05) is 26.7 Å². The Morgan fingerprint density at radius 3 is 1.44 bits per heavy atom. The van der Waals surface area contributed by atoms with Crippen molar-refractivity contribution in [2.45, 2.75) is 45.1 Å². The normalized spacial score (nSPS) is 26.0. The van der Waals surface area contributed by atoms with Crippen molar-refractivity contribution in [3.8, 4) is 0 Å². The molecule has 0 bridgehead atoms. The van der Waals surface area contributed by atoms with E-state index in [0.717, 1.165) is 11.8 Å². The second kappa shape index (κ2) is 9.62. The lowest BCUT2D eigenvalue weighted by molar-refractivity contribution is 0.191. The van der Waals surface area contributed by atoms with Crippen LogP contribution < -0.4 is 10.6 Å². The number of ether oxygens (including phenoxy) is 2. The third kappa shape index (κ3) is 4.50. The summed E-state index contributed by atoms with van der Waals surface area (Å²) in [5.41, 5.74) is 2.57. The highest BCUT2D eigenvalue weighted by Crippen LogP contribution is 2.38. The lowest BCUT2D eigenvalue weighted by Crippen LogP contribution is -2.25. The first-order valence-electron chi connectivity index (χ1n) is 11.3. The second-order valence-electron chi connectivity index (χ2n) is 9.10. The molecule has 0 saturated carbocycles. The summed E-state index contributed by atoms with van der Waals surface area (Å²) in [6.45, 7) is 15.5. The van der Waals surface area contributed by atoms with Crippen molar-refractivity contribution < 1.29 is 9.47 Å². The molecule has 2 aliphatic rings. The first kappa shape index (κ1) is 23.4. The zero-order valence-electron chi connectivity index (χ0n) is 20.1. The highest BCUT2D eigenvalue weighted by molar-refractivity contribution is 7.64. The molecule has 0 aliphatic carbocycles. The van der Waals surface area contributed by atoms with Crippen LogP contribution in [0.4, 0.5) is 0 Å². The number of hydrogen-bond donors (Lipinski definition) is 0. The highest BCUT2D eigenvalue weighted by Gasteiger charge is 2.39. The number of benzene rings is 2. The maximum atomic E-state index is 6.27. The molecule has 0 radical (unpaired) electrons. The van der Waals surface area contributed by atoms with Gasteiger partial charge >= 0.3 is 0 Å². The van der Waals surface area contributed by atoms with E-state index in [1.54, 1.807) is 0 Å².